The van der Waals surface area contributed by atoms with Gasteiger partial charge in [0.25, 0.3) is 5.91 Å². The Labute approximate surface area is 208 Å². The predicted octanol–water partition coefficient (Wildman–Crippen LogP) is 4.60. The molecule has 4 aromatic rings. The molecule has 0 radical (unpaired) electrons. The first-order valence-corrected chi connectivity index (χ1v) is 11.3. The Morgan fingerprint density at radius 1 is 1.00 bits per heavy atom. The molecule has 1 atom stereocenters. The SMILES string of the molecule is COc1ccccc1NC(=O)C1=C(C)Nc2nc(-c3ccccc3OC)nn2C1c1cccc(O)c1. The van der Waals surface area contributed by atoms with Crippen LogP contribution in [0.25, 0.3) is 11.4 Å². The van der Waals surface area contributed by atoms with Gasteiger partial charge in [-0.1, -0.05) is 36.4 Å². The summed E-state index contributed by atoms with van der Waals surface area (Å²) >= 11 is 0. The summed E-state index contributed by atoms with van der Waals surface area (Å²) in [6.07, 6.45) is 0. The Morgan fingerprint density at radius 3 is 2.47 bits per heavy atom. The highest BCUT2D eigenvalue weighted by molar-refractivity contribution is 6.06. The lowest BCUT2D eigenvalue weighted by atomic mass is 9.95. The van der Waals surface area contributed by atoms with Crippen LogP contribution < -0.4 is 20.1 Å². The topological polar surface area (TPSA) is 111 Å². The lowest BCUT2D eigenvalue weighted by Crippen LogP contribution is -2.31. The highest BCUT2D eigenvalue weighted by atomic mass is 16.5. The van der Waals surface area contributed by atoms with Crippen LogP contribution in [-0.2, 0) is 4.79 Å². The number of amides is 1. The number of hydrogen-bond acceptors (Lipinski definition) is 7. The molecular formula is C27H25N5O4. The van der Waals surface area contributed by atoms with Crippen LogP contribution in [-0.4, -0.2) is 40.0 Å². The molecule has 36 heavy (non-hydrogen) atoms. The third kappa shape index (κ3) is 4.11. The van der Waals surface area contributed by atoms with Gasteiger partial charge in [0.1, 0.15) is 23.3 Å². The molecule has 5 rings (SSSR count). The van der Waals surface area contributed by atoms with Gasteiger partial charge < -0.3 is 25.2 Å². The quantitative estimate of drug-likeness (QED) is 0.368. The Balaban J connectivity index is 1.62. The summed E-state index contributed by atoms with van der Waals surface area (Å²) in [6, 6.07) is 20.8. The van der Waals surface area contributed by atoms with Crippen molar-refractivity contribution in [2.45, 2.75) is 13.0 Å². The number of anilines is 2. The number of carbonyl (C=O) groups excluding carboxylic acids is 1. The van der Waals surface area contributed by atoms with E-state index in [2.05, 4.69) is 10.6 Å². The van der Waals surface area contributed by atoms with Crippen LogP contribution in [0.15, 0.2) is 84.1 Å². The molecule has 182 valence electrons. The number of benzene rings is 3. The number of aromatic nitrogens is 3. The number of hydrogen-bond donors (Lipinski definition) is 3. The fourth-order valence-corrected chi connectivity index (χ4v) is 4.33. The monoisotopic (exact) mass is 483 g/mol. The Kier molecular flexibility index (Phi) is 6.03. The second-order valence-electron chi connectivity index (χ2n) is 8.22. The molecule has 0 spiro atoms. The minimum atomic E-state index is -0.654. The van der Waals surface area contributed by atoms with Crippen molar-refractivity contribution in [3.8, 4) is 28.6 Å². The van der Waals surface area contributed by atoms with Crippen molar-refractivity contribution in [1.82, 2.24) is 14.8 Å². The molecule has 0 aliphatic carbocycles. The standard InChI is InChI=1S/C27H25N5O4/c1-16-23(26(34)29-20-12-5-7-14-22(20)36-3)24(17-9-8-10-18(33)15-17)32-27(28-16)30-25(31-32)19-11-4-6-13-21(19)35-2/h4-15,24,33H,1-3H3,(H,29,34)(H,28,30,31). The van der Waals surface area contributed by atoms with Crippen LogP contribution in [0.2, 0.25) is 0 Å². The molecular weight excluding hydrogens is 458 g/mol. The van der Waals surface area contributed by atoms with Crippen molar-refractivity contribution >= 4 is 17.5 Å². The van der Waals surface area contributed by atoms with Crippen molar-refractivity contribution in [2.24, 2.45) is 0 Å². The third-order valence-corrected chi connectivity index (χ3v) is 5.99. The van der Waals surface area contributed by atoms with Crippen LogP contribution >= 0.6 is 0 Å². The van der Waals surface area contributed by atoms with E-state index in [9.17, 15) is 9.90 Å². The number of carbonyl (C=O) groups is 1. The third-order valence-electron chi connectivity index (χ3n) is 5.99. The van der Waals surface area contributed by atoms with Crippen molar-refractivity contribution in [1.29, 1.82) is 0 Å². The molecule has 0 saturated heterocycles. The van der Waals surface area contributed by atoms with Gasteiger partial charge in [0, 0.05) is 5.70 Å². The molecule has 2 heterocycles. The number of para-hydroxylation sites is 3. The van der Waals surface area contributed by atoms with Crippen LogP contribution in [0.5, 0.6) is 17.2 Å². The fourth-order valence-electron chi connectivity index (χ4n) is 4.33. The van der Waals surface area contributed by atoms with Crippen molar-refractivity contribution < 1.29 is 19.4 Å². The second-order valence-corrected chi connectivity index (χ2v) is 8.22. The summed E-state index contributed by atoms with van der Waals surface area (Å²) in [5, 5.41) is 21.2. The maximum atomic E-state index is 13.7. The number of phenolic OH excluding ortho intramolecular Hbond substituents is 1. The Morgan fingerprint density at radius 2 is 1.72 bits per heavy atom. The first-order chi connectivity index (χ1) is 17.5. The molecule has 0 saturated carbocycles. The second kappa shape index (κ2) is 9.46. The van der Waals surface area contributed by atoms with E-state index < -0.39 is 6.04 Å². The van der Waals surface area contributed by atoms with E-state index in [1.54, 1.807) is 49.2 Å². The molecule has 0 bridgehead atoms. The molecule has 9 nitrogen and oxygen atoms in total. The smallest absolute Gasteiger partial charge is 0.255 e. The lowest BCUT2D eigenvalue weighted by Gasteiger charge is -2.29. The van der Waals surface area contributed by atoms with Crippen molar-refractivity contribution in [2.75, 3.05) is 24.9 Å². The molecule has 1 aromatic heterocycles. The van der Waals surface area contributed by atoms with Gasteiger partial charge in [-0.3, -0.25) is 4.79 Å². The van der Waals surface area contributed by atoms with Gasteiger partial charge in [-0.2, -0.15) is 4.98 Å². The number of rotatable bonds is 6. The van der Waals surface area contributed by atoms with Crippen LogP contribution in [0.1, 0.15) is 18.5 Å². The number of methoxy groups -OCH3 is 2. The van der Waals surface area contributed by atoms with Crippen molar-refractivity contribution in [3.63, 3.8) is 0 Å². The summed E-state index contributed by atoms with van der Waals surface area (Å²) in [6.45, 7) is 1.81. The van der Waals surface area contributed by atoms with Crippen molar-refractivity contribution in [3.05, 3.63) is 89.6 Å². The molecule has 1 aliphatic heterocycles. The largest absolute Gasteiger partial charge is 0.508 e. The summed E-state index contributed by atoms with van der Waals surface area (Å²) < 4.78 is 12.6. The number of nitrogens with one attached hydrogen (secondary N) is 2. The van der Waals surface area contributed by atoms with Gasteiger partial charge in [-0.05, 0) is 48.9 Å². The Bertz CT molecular complexity index is 1480. The predicted molar refractivity (Wildman–Crippen MR) is 136 cm³/mol. The summed E-state index contributed by atoms with van der Waals surface area (Å²) in [5.41, 5.74) is 2.98. The van der Waals surface area contributed by atoms with Crippen LogP contribution in [0.3, 0.4) is 0 Å². The molecule has 0 fully saturated rings. The first-order valence-electron chi connectivity index (χ1n) is 11.3. The van der Waals surface area contributed by atoms with Gasteiger partial charge in [-0.15, -0.1) is 5.10 Å². The zero-order valence-electron chi connectivity index (χ0n) is 20.0. The minimum absolute atomic E-state index is 0.0831. The van der Waals surface area contributed by atoms with E-state index >= 15 is 0 Å². The maximum absolute atomic E-state index is 13.7. The normalized spacial score (nSPS) is 14.6. The number of ether oxygens (including phenoxy) is 2. The molecule has 3 N–H and O–H groups in total. The van der Waals surface area contributed by atoms with E-state index in [0.29, 0.717) is 45.8 Å². The molecule has 9 heteroatoms. The number of fused-ring (bicyclic) bond motifs is 1. The molecule has 1 unspecified atom stereocenters. The maximum Gasteiger partial charge on any atom is 0.255 e. The fraction of sp³-hybridized carbons (Fsp3) is 0.148. The summed E-state index contributed by atoms with van der Waals surface area (Å²) in [5.74, 6) is 1.84. The van der Waals surface area contributed by atoms with Gasteiger partial charge >= 0.3 is 0 Å². The molecule has 1 aliphatic rings. The minimum Gasteiger partial charge on any atom is -0.508 e. The summed E-state index contributed by atoms with van der Waals surface area (Å²) in [7, 11) is 3.14. The van der Waals surface area contributed by atoms with E-state index in [1.807, 2.05) is 49.4 Å². The average molecular weight is 484 g/mol. The van der Waals surface area contributed by atoms with E-state index in [0.717, 1.165) is 5.56 Å². The molecule has 1 amide bonds. The number of aromatic hydroxyl groups is 1. The zero-order valence-corrected chi connectivity index (χ0v) is 20.0. The van der Waals surface area contributed by atoms with Gasteiger partial charge in [0.05, 0.1) is 31.0 Å². The van der Waals surface area contributed by atoms with Crippen LogP contribution in [0, 0.1) is 0 Å². The lowest BCUT2D eigenvalue weighted by molar-refractivity contribution is -0.113. The van der Waals surface area contributed by atoms with Gasteiger partial charge in [0.15, 0.2) is 5.82 Å². The van der Waals surface area contributed by atoms with Gasteiger partial charge in [0.2, 0.25) is 5.95 Å². The number of allylic oxidation sites excluding steroid dienone is 1. The van der Waals surface area contributed by atoms with Crippen LogP contribution in [0.4, 0.5) is 11.6 Å². The number of nitrogens with zero attached hydrogens (tertiary/aromatic N) is 3. The highest BCUT2D eigenvalue weighted by Crippen LogP contribution is 2.39. The zero-order chi connectivity index (χ0) is 25.2. The highest BCUT2D eigenvalue weighted by Gasteiger charge is 2.35. The Hall–Kier alpha value is -4.79. The first kappa shape index (κ1) is 23.0. The van der Waals surface area contributed by atoms with E-state index in [4.69, 9.17) is 19.6 Å². The number of phenols is 1. The van der Waals surface area contributed by atoms with E-state index in [-0.39, 0.29) is 11.7 Å². The molecule has 3 aromatic carbocycles. The average Bonchev–Trinajstić information content (AvgIpc) is 3.31. The summed E-state index contributed by atoms with van der Waals surface area (Å²) in [4.78, 5) is 18.4. The van der Waals surface area contributed by atoms with Gasteiger partial charge in [-0.25, -0.2) is 4.68 Å². The van der Waals surface area contributed by atoms with E-state index in [1.165, 1.54) is 0 Å².